The van der Waals surface area contributed by atoms with Gasteiger partial charge in [-0.25, -0.2) is 0 Å². The number of amides is 1. The Kier molecular flexibility index (Phi) is 4.28. The van der Waals surface area contributed by atoms with Gasteiger partial charge in [-0.2, -0.15) is 10.2 Å². The maximum Gasteiger partial charge on any atom is 0.271 e. The molecule has 0 N–H and O–H groups in total. The second-order valence-electron chi connectivity index (χ2n) is 5.86. The van der Waals surface area contributed by atoms with E-state index >= 15 is 0 Å². The first-order valence-corrected chi connectivity index (χ1v) is 8.88. The van der Waals surface area contributed by atoms with Gasteiger partial charge in [0.2, 0.25) is 5.82 Å². The third-order valence-electron chi connectivity index (χ3n) is 4.21. The van der Waals surface area contributed by atoms with E-state index in [0.717, 1.165) is 4.88 Å². The normalized spacial score (nSPS) is 17.2. The Morgan fingerprint density at radius 1 is 1.50 bits per heavy atom. The molecular weight excluding hydrogens is 354 g/mol. The van der Waals surface area contributed by atoms with Crippen molar-refractivity contribution in [1.82, 2.24) is 19.6 Å². The van der Waals surface area contributed by atoms with E-state index in [1.807, 2.05) is 17.5 Å². The zero-order valence-electron chi connectivity index (χ0n) is 14.0. The van der Waals surface area contributed by atoms with Gasteiger partial charge in [0.05, 0.1) is 23.7 Å². The predicted molar refractivity (Wildman–Crippen MR) is 92.3 cm³/mol. The number of aromatic nitrogens is 3. The van der Waals surface area contributed by atoms with Crippen LogP contribution in [0.25, 0.3) is 10.7 Å². The Bertz CT molecular complexity index is 969. The van der Waals surface area contributed by atoms with Crippen LogP contribution in [0.2, 0.25) is 0 Å². The van der Waals surface area contributed by atoms with Gasteiger partial charge in [-0.15, -0.1) is 11.3 Å². The van der Waals surface area contributed by atoms with Gasteiger partial charge in [-0.3, -0.25) is 4.79 Å². The summed E-state index contributed by atoms with van der Waals surface area (Å²) in [6.07, 6.45) is 1.63. The zero-order chi connectivity index (χ0) is 18.1. The van der Waals surface area contributed by atoms with Crippen LogP contribution < -0.4 is 0 Å². The van der Waals surface area contributed by atoms with E-state index in [9.17, 15) is 4.79 Å². The van der Waals surface area contributed by atoms with Crippen molar-refractivity contribution >= 4 is 17.2 Å². The lowest BCUT2D eigenvalue weighted by Crippen LogP contribution is -2.44. The molecular formula is C17H15N5O3S. The Morgan fingerprint density at radius 2 is 2.38 bits per heavy atom. The van der Waals surface area contributed by atoms with Crippen LogP contribution in [0.4, 0.5) is 0 Å². The smallest absolute Gasteiger partial charge is 0.271 e. The van der Waals surface area contributed by atoms with Crippen molar-refractivity contribution in [2.75, 3.05) is 19.8 Å². The fourth-order valence-electron chi connectivity index (χ4n) is 2.91. The van der Waals surface area contributed by atoms with Crippen LogP contribution >= 0.6 is 11.3 Å². The quantitative estimate of drug-likeness (QED) is 0.702. The van der Waals surface area contributed by atoms with E-state index < -0.39 is 6.04 Å². The molecule has 0 spiro atoms. The highest BCUT2D eigenvalue weighted by atomic mass is 32.1. The number of carbonyl (C=O) groups excluding carboxylic acids is 1. The van der Waals surface area contributed by atoms with Crippen molar-refractivity contribution < 1.29 is 14.1 Å². The van der Waals surface area contributed by atoms with E-state index in [0.29, 0.717) is 36.1 Å². The number of nitriles is 1. The average Bonchev–Trinajstić information content (AvgIpc) is 3.41. The Labute approximate surface area is 153 Å². The number of aryl methyl sites for hydroxylation is 1. The first-order chi connectivity index (χ1) is 12.7. The van der Waals surface area contributed by atoms with Crippen LogP contribution in [0.5, 0.6) is 0 Å². The molecule has 1 amide bonds. The molecule has 1 aliphatic rings. The molecule has 0 aliphatic carbocycles. The van der Waals surface area contributed by atoms with E-state index in [1.165, 1.54) is 11.3 Å². The summed E-state index contributed by atoms with van der Waals surface area (Å²) in [6.45, 7) is 1.13. The van der Waals surface area contributed by atoms with Crippen molar-refractivity contribution in [1.29, 1.82) is 5.26 Å². The summed E-state index contributed by atoms with van der Waals surface area (Å²) in [6, 6.07) is 7.00. The summed E-state index contributed by atoms with van der Waals surface area (Å²) >= 11 is 1.52. The summed E-state index contributed by atoms with van der Waals surface area (Å²) in [5.74, 6) is 0.646. The molecule has 0 bridgehead atoms. The van der Waals surface area contributed by atoms with Crippen LogP contribution in [-0.4, -0.2) is 45.3 Å². The molecule has 26 heavy (non-hydrogen) atoms. The Hall–Kier alpha value is -2.96. The summed E-state index contributed by atoms with van der Waals surface area (Å²) in [5.41, 5.74) is 0.880. The van der Waals surface area contributed by atoms with Gasteiger partial charge in [-0.05, 0) is 17.5 Å². The molecule has 0 saturated carbocycles. The van der Waals surface area contributed by atoms with Crippen LogP contribution in [0.3, 0.4) is 0 Å². The number of nitrogens with zero attached hydrogens (tertiary/aromatic N) is 5. The molecule has 1 saturated heterocycles. The van der Waals surface area contributed by atoms with Crippen molar-refractivity contribution in [3.63, 3.8) is 0 Å². The molecule has 1 unspecified atom stereocenters. The van der Waals surface area contributed by atoms with Crippen LogP contribution in [0, 0.1) is 11.3 Å². The van der Waals surface area contributed by atoms with Crippen molar-refractivity contribution in [2.24, 2.45) is 7.05 Å². The van der Waals surface area contributed by atoms with Crippen molar-refractivity contribution in [3.8, 4) is 16.8 Å². The highest BCUT2D eigenvalue weighted by molar-refractivity contribution is 7.13. The second kappa shape index (κ2) is 6.74. The summed E-state index contributed by atoms with van der Waals surface area (Å²) < 4.78 is 12.6. The van der Waals surface area contributed by atoms with Crippen LogP contribution in [0.15, 0.2) is 34.3 Å². The summed E-state index contributed by atoms with van der Waals surface area (Å²) in [7, 11) is 1.74. The Balaban J connectivity index is 1.63. The second-order valence-corrected chi connectivity index (χ2v) is 6.81. The zero-order valence-corrected chi connectivity index (χ0v) is 14.8. The minimum absolute atomic E-state index is 0.196. The van der Waals surface area contributed by atoms with Gasteiger partial charge in [0.25, 0.3) is 11.8 Å². The fourth-order valence-corrected chi connectivity index (χ4v) is 3.56. The molecule has 9 heteroatoms. The SMILES string of the molecule is Cn1cc(C#N)cc1C(=O)N1CCOCC1c1nc(-c2cccs2)no1. The molecule has 1 aliphatic heterocycles. The summed E-state index contributed by atoms with van der Waals surface area (Å²) in [4.78, 5) is 20.0. The number of rotatable bonds is 3. The molecule has 4 rings (SSSR count). The number of thiophene rings is 1. The molecule has 0 aromatic carbocycles. The van der Waals surface area contributed by atoms with E-state index in [4.69, 9.17) is 14.5 Å². The lowest BCUT2D eigenvalue weighted by Gasteiger charge is -2.33. The van der Waals surface area contributed by atoms with Gasteiger partial charge in [0.1, 0.15) is 17.8 Å². The first-order valence-electron chi connectivity index (χ1n) is 8.00. The number of carbonyl (C=O) groups is 1. The number of morpholine rings is 1. The first kappa shape index (κ1) is 16.5. The maximum atomic E-state index is 13.0. The van der Waals surface area contributed by atoms with Gasteiger partial charge >= 0.3 is 0 Å². The minimum Gasteiger partial charge on any atom is -0.377 e. The van der Waals surface area contributed by atoms with Gasteiger partial charge in [0.15, 0.2) is 0 Å². The largest absolute Gasteiger partial charge is 0.377 e. The molecule has 1 atom stereocenters. The third-order valence-corrected chi connectivity index (χ3v) is 5.08. The number of hydrogen-bond acceptors (Lipinski definition) is 7. The molecule has 3 aromatic heterocycles. The van der Waals surface area contributed by atoms with Crippen LogP contribution in [-0.2, 0) is 11.8 Å². The molecule has 1 fully saturated rings. The highest BCUT2D eigenvalue weighted by Crippen LogP contribution is 2.28. The van der Waals surface area contributed by atoms with Crippen molar-refractivity contribution in [2.45, 2.75) is 6.04 Å². The lowest BCUT2D eigenvalue weighted by atomic mass is 10.2. The topological polar surface area (TPSA) is 97.2 Å². The van der Waals surface area contributed by atoms with Crippen molar-refractivity contribution in [3.05, 3.63) is 46.9 Å². The highest BCUT2D eigenvalue weighted by Gasteiger charge is 2.34. The fraction of sp³-hybridized carbons (Fsp3) is 0.294. The molecule has 3 aromatic rings. The van der Waals surface area contributed by atoms with Gasteiger partial charge in [0, 0.05) is 19.8 Å². The Morgan fingerprint density at radius 3 is 3.12 bits per heavy atom. The minimum atomic E-state index is -0.460. The summed E-state index contributed by atoms with van der Waals surface area (Å²) in [5, 5.41) is 15.0. The lowest BCUT2D eigenvalue weighted by molar-refractivity contribution is -0.0123. The molecule has 4 heterocycles. The standard InChI is InChI=1S/C17H15N5O3S/c1-21-9-11(8-18)7-12(21)17(23)22-4-5-24-10-13(22)16-19-15(20-25-16)14-3-2-6-26-14/h2-3,6-7,9,13H,4-5,10H2,1H3. The van der Waals surface area contributed by atoms with E-state index in [1.54, 1.807) is 28.8 Å². The maximum absolute atomic E-state index is 13.0. The third kappa shape index (κ3) is 2.89. The molecule has 0 radical (unpaired) electrons. The molecule has 8 nitrogen and oxygen atoms in total. The molecule has 132 valence electrons. The van der Waals surface area contributed by atoms with Gasteiger partial charge < -0.3 is 18.7 Å². The number of hydrogen-bond donors (Lipinski definition) is 0. The van der Waals surface area contributed by atoms with E-state index in [-0.39, 0.29) is 12.5 Å². The predicted octanol–water partition coefficient (Wildman–Crippen LogP) is 2.22. The number of ether oxygens (including phenoxy) is 1. The van der Waals surface area contributed by atoms with Crippen LogP contribution in [0.1, 0.15) is 28.0 Å². The average molecular weight is 369 g/mol. The monoisotopic (exact) mass is 369 g/mol. The van der Waals surface area contributed by atoms with E-state index in [2.05, 4.69) is 16.2 Å². The van der Waals surface area contributed by atoms with Gasteiger partial charge in [-0.1, -0.05) is 11.2 Å².